The highest BCUT2D eigenvalue weighted by Gasteiger charge is 2.71. The van der Waals surface area contributed by atoms with E-state index in [2.05, 4.69) is 46.9 Å². The van der Waals surface area contributed by atoms with Gasteiger partial charge in [-0.3, -0.25) is 0 Å². The molecule has 4 nitrogen and oxygen atoms in total. The van der Waals surface area contributed by atoms with Gasteiger partial charge in [-0.1, -0.05) is 41.5 Å². The average molecular weight is 464 g/mol. The summed E-state index contributed by atoms with van der Waals surface area (Å²) in [6.07, 6.45) is 8.54. The Morgan fingerprint density at radius 2 is 1.58 bits per heavy atom. The van der Waals surface area contributed by atoms with Crippen LogP contribution in [0.3, 0.4) is 0 Å². The second-order valence-electron chi connectivity index (χ2n) is 14.1. The van der Waals surface area contributed by atoms with Crippen molar-refractivity contribution < 1.29 is 15.3 Å². The van der Waals surface area contributed by atoms with Gasteiger partial charge in [-0.05, 0) is 123 Å². The van der Waals surface area contributed by atoms with Gasteiger partial charge in [-0.2, -0.15) is 0 Å². The van der Waals surface area contributed by atoms with Crippen molar-refractivity contribution in [2.24, 2.45) is 45.3 Å². The fourth-order valence-electron chi connectivity index (χ4n) is 10.4. The molecule has 4 fully saturated rings. The van der Waals surface area contributed by atoms with Crippen LogP contribution in [0.2, 0.25) is 0 Å². The predicted octanol–water partition coefficient (Wildman–Crippen LogP) is 5.14. The standard InChI is InChI=1S/C29H53NO3/c1-8-30-17-9-13-29(7,33)19-10-15-28(6)24(19)20(31)18-22-26(4)14-12-23(32)25(2,3)21(26)11-16-27(22,28)5/h19-24,30-33H,8-18H2,1-7H3/t19-,20+,21-,22+,23-,24-,26-,27+,28+,29-/m0/s1. The Hall–Kier alpha value is -0.160. The third-order valence-electron chi connectivity index (χ3n) is 12.5. The van der Waals surface area contributed by atoms with Crippen molar-refractivity contribution in [3.05, 3.63) is 0 Å². The maximum Gasteiger partial charge on any atom is 0.0652 e. The van der Waals surface area contributed by atoms with E-state index in [9.17, 15) is 15.3 Å². The van der Waals surface area contributed by atoms with Crippen molar-refractivity contribution in [1.82, 2.24) is 5.32 Å². The van der Waals surface area contributed by atoms with Gasteiger partial charge in [0.05, 0.1) is 17.8 Å². The molecule has 4 saturated carbocycles. The van der Waals surface area contributed by atoms with Crippen LogP contribution in [-0.2, 0) is 0 Å². The lowest BCUT2D eigenvalue weighted by molar-refractivity contribution is -0.246. The number of hydrogen-bond acceptors (Lipinski definition) is 4. The summed E-state index contributed by atoms with van der Waals surface area (Å²) in [5.41, 5.74) is -0.391. The topological polar surface area (TPSA) is 72.7 Å². The molecular formula is C29H53NO3. The highest BCUT2D eigenvalue weighted by molar-refractivity contribution is 5.19. The van der Waals surface area contributed by atoms with E-state index < -0.39 is 5.60 Å². The fraction of sp³-hybridized carbons (Fsp3) is 1.00. The molecule has 4 aliphatic rings. The molecule has 0 heterocycles. The molecule has 0 unspecified atom stereocenters. The summed E-state index contributed by atoms with van der Waals surface area (Å²) in [4.78, 5) is 0. The van der Waals surface area contributed by atoms with Crippen molar-refractivity contribution >= 4 is 0 Å². The molecule has 0 aromatic heterocycles. The number of hydrogen-bond donors (Lipinski definition) is 4. The molecule has 4 rings (SSSR count). The molecule has 0 bridgehead atoms. The Balaban J connectivity index is 1.63. The van der Waals surface area contributed by atoms with E-state index in [1.54, 1.807) is 0 Å². The number of aliphatic hydroxyl groups is 3. The van der Waals surface area contributed by atoms with Crippen LogP contribution in [0.25, 0.3) is 0 Å². The molecule has 0 aromatic rings. The molecule has 0 amide bonds. The summed E-state index contributed by atoms with van der Waals surface area (Å²) in [6, 6.07) is 0. The lowest BCUT2D eigenvalue weighted by Crippen LogP contribution is -2.66. The van der Waals surface area contributed by atoms with Gasteiger partial charge < -0.3 is 20.6 Å². The largest absolute Gasteiger partial charge is 0.393 e. The van der Waals surface area contributed by atoms with Crippen LogP contribution in [0.1, 0.15) is 106 Å². The van der Waals surface area contributed by atoms with E-state index >= 15 is 0 Å². The molecule has 0 spiro atoms. The van der Waals surface area contributed by atoms with Crippen LogP contribution in [0.15, 0.2) is 0 Å². The Bertz CT molecular complexity index is 722. The van der Waals surface area contributed by atoms with Gasteiger partial charge in [0.1, 0.15) is 0 Å². The van der Waals surface area contributed by atoms with E-state index in [0.717, 1.165) is 58.0 Å². The summed E-state index contributed by atoms with van der Waals surface area (Å²) in [5.74, 6) is 1.33. The Kier molecular flexibility index (Phi) is 6.64. The van der Waals surface area contributed by atoms with E-state index in [4.69, 9.17) is 0 Å². The molecule has 0 radical (unpaired) electrons. The molecule has 0 aliphatic heterocycles. The first-order valence-corrected chi connectivity index (χ1v) is 14.0. The number of nitrogens with one attached hydrogen (secondary N) is 1. The maximum atomic E-state index is 11.8. The van der Waals surface area contributed by atoms with Gasteiger partial charge in [0.2, 0.25) is 0 Å². The quantitative estimate of drug-likeness (QED) is 0.411. The first-order chi connectivity index (χ1) is 15.3. The predicted molar refractivity (Wildman–Crippen MR) is 135 cm³/mol. The van der Waals surface area contributed by atoms with E-state index in [1.807, 2.05) is 6.92 Å². The molecule has 4 aliphatic carbocycles. The summed E-state index contributed by atoms with van der Waals surface area (Å²) in [7, 11) is 0. The minimum Gasteiger partial charge on any atom is -0.393 e. The Labute approximate surface area is 203 Å². The van der Waals surface area contributed by atoms with Crippen LogP contribution in [0, 0.1) is 45.3 Å². The van der Waals surface area contributed by atoms with Gasteiger partial charge in [0.25, 0.3) is 0 Å². The zero-order valence-corrected chi connectivity index (χ0v) is 22.6. The third-order valence-corrected chi connectivity index (χ3v) is 12.5. The van der Waals surface area contributed by atoms with Crippen LogP contribution >= 0.6 is 0 Å². The number of rotatable bonds is 6. The lowest BCUT2D eigenvalue weighted by atomic mass is 9.35. The van der Waals surface area contributed by atoms with E-state index in [1.165, 1.54) is 12.8 Å². The highest BCUT2D eigenvalue weighted by atomic mass is 16.3. The van der Waals surface area contributed by atoms with Crippen LogP contribution in [0.5, 0.6) is 0 Å². The molecule has 0 aromatic carbocycles. The van der Waals surface area contributed by atoms with Crippen molar-refractivity contribution in [2.45, 2.75) is 124 Å². The first-order valence-electron chi connectivity index (χ1n) is 14.0. The van der Waals surface area contributed by atoms with Gasteiger partial charge in [-0.25, -0.2) is 0 Å². The smallest absolute Gasteiger partial charge is 0.0652 e. The van der Waals surface area contributed by atoms with Crippen molar-refractivity contribution in [2.75, 3.05) is 13.1 Å². The van der Waals surface area contributed by atoms with E-state index in [-0.39, 0.29) is 45.7 Å². The Morgan fingerprint density at radius 3 is 2.24 bits per heavy atom. The molecule has 4 N–H and O–H groups in total. The summed E-state index contributed by atoms with van der Waals surface area (Å²) >= 11 is 0. The first kappa shape index (κ1) is 25.9. The maximum absolute atomic E-state index is 11.8. The SMILES string of the molecule is CCNCCC[C@](C)(O)[C@H]1CC[C@]2(C)[C@@H]1[C@H](O)C[C@@H]1[C@@]3(C)CC[C@H](O)C(C)(C)[C@@H]3CC[C@]12C. The minimum absolute atomic E-state index is 0.0554. The second kappa shape index (κ2) is 8.46. The minimum atomic E-state index is -0.722. The molecule has 192 valence electrons. The summed E-state index contributed by atoms with van der Waals surface area (Å²) in [5, 5.41) is 37.6. The van der Waals surface area contributed by atoms with Crippen molar-refractivity contribution in [3.63, 3.8) is 0 Å². The monoisotopic (exact) mass is 463 g/mol. The summed E-state index contributed by atoms with van der Waals surface area (Å²) in [6.45, 7) is 18.1. The van der Waals surface area contributed by atoms with Gasteiger partial charge >= 0.3 is 0 Å². The lowest BCUT2D eigenvalue weighted by Gasteiger charge is -2.70. The molecular weight excluding hydrogens is 410 g/mol. The van der Waals surface area contributed by atoms with E-state index in [0.29, 0.717) is 11.8 Å². The van der Waals surface area contributed by atoms with Crippen LogP contribution < -0.4 is 5.32 Å². The molecule has 33 heavy (non-hydrogen) atoms. The summed E-state index contributed by atoms with van der Waals surface area (Å²) < 4.78 is 0. The molecule has 0 saturated heterocycles. The molecule has 10 atom stereocenters. The number of aliphatic hydroxyl groups excluding tert-OH is 2. The van der Waals surface area contributed by atoms with Gasteiger partial charge in [-0.15, -0.1) is 0 Å². The van der Waals surface area contributed by atoms with Crippen molar-refractivity contribution in [3.8, 4) is 0 Å². The zero-order chi connectivity index (χ0) is 24.4. The zero-order valence-electron chi connectivity index (χ0n) is 22.6. The Morgan fingerprint density at radius 1 is 0.909 bits per heavy atom. The average Bonchev–Trinajstić information content (AvgIpc) is 3.11. The van der Waals surface area contributed by atoms with Gasteiger partial charge in [0, 0.05) is 0 Å². The highest BCUT2D eigenvalue weighted by Crippen LogP contribution is 2.75. The third kappa shape index (κ3) is 3.67. The van der Waals surface area contributed by atoms with Crippen molar-refractivity contribution in [1.29, 1.82) is 0 Å². The van der Waals surface area contributed by atoms with Crippen LogP contribution in [0.4, 0.5) is 0 Å². The fourth-order valence-corrected chi connectivity index (χ4v) is 10.4. The number of fused-ring (bicyclic) bond motifs is 5. The molecule has 4 heteroatoms. The van der Waals surface area contributed by atoms with Crippen LogP contribution in [-0.4, -0.2) is 46.2 Å². The van der Waals surface area contributed by atoms with Gasteiger partial charge in [0.15, 0.2) is 0 Å². The second-order valence-corrected chi connectivity index (χ2v) is 14.1. The normalized spacial score (nSPS) is 50.7.